The van der Waals surface area contributed by atoms with Crippen molar-refractivity contribution >= 4 is 29.1 Å². The molecular formula is C18H8F2N2O4S. The number of fused-ring (bicyclic) bond motifs is 1. The smallest absolute Gasteiger partial charge is 0.323 e. The van der Waals surface area contributed by atoms with Gasteiger partial charge in [0.15, 0.2) is 0 Å². The highest BCUT2D eigenvalue weighted by Crippen LogP contribution is 2.31. The third-order valence-corrected chi connectivity index (χ3v) is 4.81. The van der Waals surface area contributed by atoms with E-state index in [0.717, 1.165) is 18.3 Å². The molecule has 2 aromatic carbocycles. The predicted molar refractivity (Wildman–Crippen MR) is 89.8 cm³/mol. The van der Waals surface area contributed by atoms with Crippen LogP contribution in [0.25, 0.3) is 10.6 Å². The quantitative estimate of drug-likeness (QED) is 0.645. The summed E-state index contributed by atoms with van der Waals surface area (Å²) in [6, 6.07) is 9.37. The molecular weight excluding hydrogens is 378 g/mol. The fourth-order valence-electron chi connectivity index (χ4n) is 2.56. The second kappa shape index (κ2) is 6.36. The number of amides is 2. The van der Waals surface area contributed by atoms with Gasteiger partial charge >= 0.3 is 5.97 Å². The Kier molecular flexibility index (Phi) is 4.00. The van der Waals surface area contributed by atoms with Crippen molar-refractivity contribution in [2.24, 2.45) is 0 Å². The molecule has 0 saturated heterocycles. The molecule has 0 spiro atoms. The van der Waals surface area contributed by atoms with E-state index in [1.807, 2.05) is 0 Å². The number of hydrogen-bond donors (Lipinski definition) is 0. The largest absolute Gasteiger partial charge is 0.375 e. The molecule has 2 heterocycles. The van der Waals surface area contributed by atoms with Crippen LogP contribution in [0, 0.1) is 11.6 Å². The summed E-state index contributed by atoms with van der Waals surface area (Å²) >= 11 is 0.677. The van der Waals surface area contributed by atoms with Gasteiger partial charge in [0.1, 0.15) is 21.5 Å². The molecule has 9 heteroatoms. The lowest BCUT2D eigenvalue weighted by Gasteiger charge is -2.11. The minimum atomic E-state index is -1.04. The zero-order valence-corrected chi connectivity index (χ0v) is 14.1. The van der Waals surface area contributed by atoms with E-state index in [0.29, 0.717) is 16.4 Å². The molecule has 1 aromatic heterocycles. The van der Waals surface area contributed by atoms with Crippen LogP contribution in [0.15, 0.2) is 48.7 Å². The van der Waals surface area contributed by atoms with Gasteiger partial charge in [-0.15, -0.1) is 11.3 Å². The fourth-order valence-corrected chi connectivity index (χ4v) is 3.40. The number of aromatic nitrogens is 1. The maximum atomic E-state index is 13.8. The first-order valence-electron chi connectivity index (χ1n) is 7.57. The van der Waals surface area contributed by atoms with Crippen molar-refractivity contribution in [3.05, 3.63) is 76.3 Å². The Morgan fingerprint density at radius 2 is 1.56 bits per heavy atom. The maximum Gasteiger partial charge on any atom is 0.375 e. The molecule has 4 rings (SSSR count). The van der Waals surface area contributed by atoms with Crippen LogP contribution >= 0.6 is 11.3 Å². The van der Waals surface area contributed by atoms with Gasteiger partial charge in [0, 0.05) is 0 Å². The molecule has 3 aromatic rings. The molecule has 134 valence electrons. The number of carbonyl (C=O) groups excluding carboxylic acids is 3. The molecule has 0 saturated carbocycles. The van der Waals surface area contributed by atoms with Crippen LogP contribution in [-0.2, 0) is 4.84 Å². The average molecular weight is 386 g/mol. The lowest BCUT2D eigenvalue weighted by Crippen LogP contribution is -2.32. The minimum absolute atomic E-state index is 0.0695. The number of rotatable bonds is 3. The van der Waals surface area contributed by atoms with Crippen molar-refractivity contribution < 1.29 is 28.0 Å². The topological polar surface area (TPSA) is 76.6 Å². The highest BCUT2D eigenvalue weighted by molar-refractivity contribution is 7.16. The first-order chi connectivity index (χ1) is 13.0. The van der Waals surface area contributed by atoms with Crippen LogP contribution in [0.4, 0.5) is 8.78 Å². The van der Waals surface area contributed by atoms with Crippen molar-refractivity contribution in [2.45, 2.75) is 0 Å². The van der Waals surface area contributed by atoms with Gasteiger partial charge < -0.3 is 4.84 Å². The van der Waals surface area contributed by atoms with E-state index in [2.05, 4.69) is 4.98 Å². The number of thiazole rings is 1. The lowest BCUT2D eigenvalue weighted by atomic mass is 10.1. The molecule has 0 N–H and O–H groups in total. The van der Waals surface area contributed by atoms with E-state index >= 15 is 0 Å². The van der Waals surface area contributed by atoms with Crippen molar-refractivity contribution in [1.29, 1.82) is 0 Å². The molecule has 0 atom stereocenters. The Morgan fingerprint density at radius 1 is 0.963 bits per heavy atom. The maximum absolute atomic E-state index is 13.8. The molecule has 27 heavy (non-hydrogen) atoms. The number of carbonyl (C=O) groups is 3. The van der Waals surface area contributed by atoms with E-state index in [1.54, 1.807) is 12.1 Å². The fraction of sp³-hybridized carbons (Fsp3) is 0. The van der Waals surface area contributed by atoms with Gasteiger partial charge in [0.2, 0.25) is 0 Å². The lowest BCUT2D eigenvalue weighted by molar-refractivity contribution is -0.0581. The Labute approximate surface area is 154 Å². The van der Waals surface area contributed by atoms with Crippen LogP contribution in [0.5, 0.6) is 0 Å². The van der Waals surface area contributed by atoms with Crippen molar-refractivity contribution in [3.63, 3.8) is 0 Å². The molecule has 0 radical (unpaired) electrons. The van der Waals surface area contributed by atoms with Gasteiger partial charge in [-0.2, -0.15) is 0 Å². The Bertz CT molecular complexity index is 1060. The molecule has 0 bridgehead atoms. The molecule has 0 unspecified atom stereocenters. The van der Waals surface area contributed by atoms with Crippen LogP contribution in [-0.4, -0.2) is 27.8 Å². The number of hydrogen-bond acceptors (Lipinski definition) is 6. The number of hydroxylamine groups is 2. The standard InChI is InChI=1S/C18H8F2N2O4S/c19-11-6-3-7-12(20)14(11)15-21-8-13(27-15)18(25)26-22-16(23)9-4-1-2-5-10(9)17(22)24/h1-8H. The molecule has 1 aliphatic heterocycles. The monoisotopic (exact) mass is 386 g/mol. The summed E-state index contributed by atoms with van der Waals surface area (Å²) < 4.78 is 27.7. The molecule has 1 aliphatic rings. The second-order valence-electron chi connectivity index (χ2n) is 5.46. The number of imide groups is 1. The first kappa shape index (κ1) is 17.0. The Balaban J connectivity index is 1.58. The van der Waals surface area contributed by atoms with Gasteiger partial charge in [0.05, 0.1) is 22.9 Å². The van der Waals surface area contributed by atoms with Crippen LogP contribution in [0.3, 0.4) is 0 Å². The highest BCUT2D eigenvalue weighted by atomic mass is 32.1. The Hall–Kier alpha value is -3.46. The van der Waals surface area contributed by atoms with E-state index in [4.69, 9.17) is 4.84 Å². The van der Waals surface area contributed by atoms with E-state index < -0.39 is 29.4 Å². The zero-order valence-electron chi connectivity index (χ0n) is 13.3. The normalized spacial score (nSPS) is 13.0. The molecule has 0 aliphatic carbocycles. The van der Waals surface area contributed by atoms with Gasteiger partial charge in [-0.3, -0.25) is 9.59 Å². The average Bonchev–Trinajstić information content (AvgIpc) is 3.22. The minimum Gasteiger partial charge on any atom is -0.323 e. The molecule has 0 fully saturated rings. The predicted octanol–water partition coefficient (Wildman–Crippen LogP) is 3.46. The SMILES string of the molecule is O=C(ON1C(=O)c2ccccc2C1=O)c1cnc(-c2c(F)cccc2F)s1. The zero-order chi connectivity index (χ0) is 19.1. The summed E-state index contributed by atoms with van der Waals surface area (Å²) in [7, 11) is 0. The van der Waals surface area contributed by atoms with Crippen LogP contribution < -0.4 is 0 Å². The summed E-state index contributed by atoms with van der Waals surface area (Å²) in [6.07, 6.45) is 1.06. The summed E-state index contributed by atoms with van der Waals surface area (Å²) in [4.78, 5) is 45.3. The van der Waals surface area contributed by atoms with Gasteiger partial charge in [-0.1, -0.05) is 23.3 Å². The third kappa shape index (κ3) is 2.77. The van der Waals surface area contributed by atoms with Gasteiger partial charge in [-0.05, 0) is 24.3 Å². The second-order valence-corrected chi connectivity index (χ2v) is 6.49. The molecule has 6 nitrogen and oxygen atoms in total. The van der Waals surface area contributed by atoms with Crippen molar-refractivity contribution in [1.82, 2.24) is 10.0 Å². The van der Waals surface area contributed by atoms with Gasteiger partial charge in [-0.25, -0.2) is 18.6 Å². The van der Waals surface area contributed by atoms with Crippen LogP contribution in [0.2, 0.25) is 0 Å². The first-order valence-corrected chi connectivity index (χ1v) is 8.39. The van der Waals surface area contributed by atoms with E-state index in [-0.39, 0.29) is 26.6 Å². The van der Waals surface area contributed by atoms with Gasteiger partial charge in [0.25, 0.3) is 11.8 Å². The highest BCUT2D eigenvalue weighted by Gasteiger charge is 2.39. The summed E-state index contributed by atoms with van der Waals surface area (Å²) in [5, 5.41) is 0.288. The number of benzene rings is 2. The third-order valence-electron chi connectivity index (χ3n) is 3.81. The number of nitrogens with zero attached hydrogens (tertiary/aromatic N) is 2. The van der Waals surface area contributed by atoms with E-state index in [9.17, 15) is 23.2 Å². The summed E-state index contributed by atoms with van der Waals surface area (Å²) in [5.41, 5.74) is -0.135. The van der Waals surface area contributed by atoms with Crippen LogP contribution in [0.1, 0.15) is 30.4 Å². The van der Waals surface area contributed by atoms with Crippen molar-refractivity contribution in [3.8, 4) is 10.6 Å². The summed E-state index contributed by atoms with van der Waals surface area (Å²) in [6.45, 7) is 0. The summed E-state index contributed by atoms with van der Waals surface area (Å²) in [5.74, 6) is -4.23. The number of halogens is 2. The van der Waals surface area contributed by atoms with E-state index in [1.165, 1.54) is 18.2 Å². The molecule has 2 amide bonds. The Morgan fingerprint density at radius 3 is 2.15 bits per heavy atom. The van der Waals surface area contributed by atoms with Crippen molar-refractivity contribution in [2.75, 3.05) is 0 Å².